The van der Waals surface area contributed by atoms with Crippen molar-refractivity contribution in [1.29, 1.82) is 0 Å². The summed E-state index contributed by atoms with van der Waals surface area (Å²) >= 11 is 0. The highest BCUT2D eigenvalue weighted by atomic mass is 16.5. The number of hydrogen-bond donors (Lipinski definition) is 1. The first-order valence-electron chi connectivity index (χ1n) is 7.48. The van der Waals surface area contributed by atoms with Gasteiger partial charge in [0.1, 0.15) is 0 Å². The van der Waals surface area contributed by atoms with Gasteiger partial charge in [-0.25, -0.2) is 4.79 Å². The SMILES string of the molecule is O=C(O)C1CN(C(=O)CN2CCCCCCC2=O)CCO1. The Morgan fingerprint density at radius 2 is 1.95 bits per heavy atom. The van der Waals surface area contributed by atoms with E-state index < -0.39 is 12.1 Å². The molecule has 0 spiro atoms. The first kappa shape index (κ1) is 15.8. The molecule has 0 saturated carbocycles. The molecule has 0 bridgehead atoms. The number of carbonyl (C=O) groups is 3. The minimum atomic E-state index is -1.06. The van der Waals surface area contributed by atoms with Crippen LogP contribution in [0.2, 0.25) is 0 Å². The highest BCUT2D eigenvalue weighted by molar-refractivity contribution is 5.85. The zero-order valence-electron chi connectivity index (χ0n) is 12.1. The molecule has 1 atom stereocenters. The number of rotatable bonds is 3. The normalized spacial score (nSPS) is 24.4. The van der Waals surface area contributed by atoms with Gasteiger partial charge in [-0.05, 0) is 12.8 Å². The summed E-state index contributed by atoms with van der Waals surface area (Å²) in [4.78, 5) is 38.3. The van der Waals surface area contributed by atoms with Gasteiger partial charge in [0, 0.05) is 19.5 Å². The molecule has 1 N–H and O–H groups in total. The van der Waals surface area contributed by atoms with E-state index in [9.17, 15) is 14.4 Å². The van der Waals surface area contributed by atoms with Crippen molar-refractivity contribution >= 4 is 17.8 Å². The third-order valence-electron chi connectivity index (χ3n) is 3.94. The molecule has 118 valence electrons. The van der Waals surface area contributed by atoms with Crippen LogP contribution < -0.4 is 0 Å². The highest BCUT2D eigenvalue weighted by Crippen LogP contribution is 2.13. The van der Waals surface area contributed by atoms with Crippen LogP contribution in [-0.2, 0) is 19.1 Å². The van der Waals surface area contributed by atoms with Crippen LogP contribution in [0.5, 0.6) is 0 Å². The topological polar surface area (TPSA) is 87.2 Å². The zero-order chi connectivity index (χ0) is 15.2. The third-order valence-corrected chi connectivity index (χ3v) is 3.94. The highest BCUT2D eigenvalue weighted by Gasteiger charge is 2.30. The number of morpholine rings is 1. The number of amides is 2. The Bertz CT molecular complexity index is 412. The number of likely N-dealkylation sites (tertiary alicyclic amines) is 1. The Labute approximate surface area is 123 Å². The van der Waals surface area contributed by atoms with Crippen molar-refractivity contribution in [2.24, 2.45) is 0 Å². The minimum Gasteiger partial charge on any atom is -0.479 e. The van der Waals surface area contributed by atoms with E-state index in [1.807, 2.05) is 0 Å². The van der Waals surface area contributed by atoms with E-state index in [0.717, 1.165) is 25.7 Å². The van der Waals surface area contributed by atoms with Crippen LogP contribution in [0.4, 0.5) is 0 Å². The van der Waals surface area contributed by atoms with Crippen molar-refractivity contribution < 1.29 is 24.2 Å². The van der Waals surface area contributed by atoms with Crippen molar-refractivity contribution in [3.8, 4) is 0 Å². The average molecular weight is 298 g/mol. The largest absolute Gasteiger partial charge is 0.479 e. The Balaban J connectivity index is 1.89. The molecule has 0 aromatic rings. The fourth-order valence-electron chi connectivity index (χ4n) is 2.67. The molecule has 21 heavy (non-hydrogen) atoms. The molecular weight excluding hydrogens is 276 g/mol. The summed E-state index contributed by atoms with van der Waals surface area (Å²) in [6.07, 6.45) is 3.47. The Kier molecular flexibility index (Phi) is 5.55. The average Bonchev–Trinajstić information content (AvgIpc) is 2.47. The molecule has 0 aliphatic carbocycles. The lowest BCUT2D eigenvalue weighted by Crippen LogP contribution is -2.52. The van der Waals surface area contributed by atoms with Crippen LogP contribution in [0.1, 0.15) is 32.1 Å². The predicted octanol–water partition coefficient (Wildman–Crippen LogP) is 0.0911. The van der Waals surface area contributed by atoms with Crippen LogP contribution in [0, 0.1) is 0 Å². The van der Waals surface area contributed by atoms with Gasteiger partial charge in [0.25, 0.3) is 0 Å². The number of ether oxygens (including phenoxy) is 1. The van der Waals surface area contributed by atoms with Crippen molar-refractivity contribution in [3.63, 3.8) is 0 Å². The first-order chi connectivity index (χ1) is 10.1. The lowest BCUT2D eigenvalue weighted by atomic mass is 10.1. The fourth-order valence-corrected chi connectivity index (χ4v) is 2.67. The van der Waals surface area contributed by atoms with E-state index in [2.05, 4.69) is 0 Å². The molecule has 7 nitrogen and oxygen atoms in total. The lowest BCUT2D eigenvalue weighted by molar-refractivity contribution is -0.160. The first-order valence-corrected chi connectivity index (χ1v) is 7.48. The summed E-state index contributed by atoms with van der Waals surface area (Å²) in [5, 5.41) is 8.94. The van der Waals surface area contributed by atoms with Crippen molar-refractivity contribution in [2.45, 2.75) is 38.2 Å². The number of nitrogens with zero attached hydrogens (tertiary/aromatic N) is 2. The van der Waals surface area contributed by atoms with E-state index in [1.54, 1.807) is 4.90 Å². The standard InChI is InChI=1S/C14H22N2O5/c17-12-5-3-1-2-4-6-15(12)10-13(18)16-7-8-21-11(9-16)14(19)20/h11H,1-10H2,(H,19,20). The second-order valence-electron chi connectivity index (χ2n) is 5.52. The van der Waals surface area contributed by atoms with E-state index in [0.29, 0.717) is 19.5 Å². The van der Waals surface area contributed by atoms with Gasteiger partial charge in [-0.15, -0.1) is 0 Å². The summed E-state index contributed by atoms with van der Waals surface area (Å²) in [6, 6.07) is 0. The third kappa shape index (κ3) is 4.42. The van der Waals surface area contributed by atoms with Gasteiger partial charge in [0.05, 0.1) is 19.7 Å². The zero-order valence-corrected chi connectivity index (χ0v) is 12.1. The van der Waals surface area contributed by atoms with Gasteiger partial charge in [-0.3, -0.25) is 9.59 Å². The minimum absolute atomic E-state index is 0.0195. The number of carboxylic acids is 1. The molecule has 2 rings (SSSR count). The number of carbonyl (C=O) groups excluding carboxylic acids is 2. The molecular formula is C14H22N2O5. The van der Waals surface area contributed by atoms with Gasteiger partial charge in [-0.2, -0.15) is 0 Å². The maximum absolute atomic E-state index is 12.3. The van der Waals surface area contributed by atoms with E-state index >= 15 is 0 Å². The second-order valence-corrected chi connectivity index (χ2v) is 5.52. The lowest BCUT2D eigenvalue weighted by Gasteiger charge is -2.33. The smallest absolute Gasteiger partial charge is 0.334 e. The van der Waals surface area contributed by atoms with E-state index in [1.165, 1.54) is 4.90 Å². The molecule has 2 saturated heterocycles. The van der Waals surface area contributed by atoms with Gasteiger partial charge in [0.2, 0.25) is 11.8 Å². The molecule has 0 aromatic carbocycles. The summed E-state index contributed by atoms with van der Waals surface area (Å²) < 4.78 is 5.09. The molecule has 1 unspecified atom stereocenters. The van der Waals surface area contributed by atoms with Gasteiger partial charge in [-0.1, -0.05) is 12.8 Å². The molecule has 2 heterocycles. The molecule has 0 aromatic heterocycles. The monoisotopic (exact) mass is 298 g/mol. The second kappa shape index (κ2) is 7.40. The van der Waals surface area contributed by atoms with Crippen LogP contribution in [0.15, 0.2) is 0 Å². The number of hydrogen-bond acceptors (Lipinski definition) is 4. The van der Waals surface area contributed by atoms with E-state index in [4.69, 9.17) is 9.84 Å². The van der Waals surface area contributed by atoms with Crippen molar-refractivity contribution in [3.05, 3.63) is 0 Å². The molecule has 2 aliphatic rings. The number of aliphatic carboxylic acids is 1. The molecule has 2 amide bonds. The van der Waals surface area contributed by atoms with Crippen LogP contribution >= 0.6 is 0 Å². The van der Waals surface area contributed by atoms with E-state index in [-0.39, 0.29) is 31.5 Å². The Hall–Kier alpha value is -1.63. The van der Waals surface area contributed by atoms with Gasteiger partial charge < -0.3 is 19.6 Å². The molecule has 7 heteroatoms. The maximum Gasteiger partial charge on any atom is 0.334 e. The van der Waals surface area contributed by atoms with Crippen LogP contribution in [0.3, 0.4) is 0 Å². The Morgan fingerprint density at radius 1 is 1.19 bits per heavy atom. The predicted molar refractivity (Wildman–Crippen MR) is 73.6 cm³/mol. The molecule has 0 radical (unpaired) electrons. The maximum atomic E-state index is 12.3. The summed E-state index contributed by atoms with van der Waals surface area (Å²) in [7, 11) is 0. The number of carboxylic acid groups (broad SMARTS) is 1. The van der Waals surface area contributed by atoms with Crippen molar-refractivity contribution in [1.82, 2.24) is 9.80 Å². The quantitative estimate of drug-likeness (QED) is 0.798. The van der Waals surface area contributed by atoms with Crippen LogP contribution in [0.25, 0.3) is 0 Å². The fraction of sp³-hybridized carbons (Fsp3) is 0.786. The van der Waals surface area contributed by atoms with Gasteiger partial charge in [0.15, 0.2) is 6.10 Å². The molecule has 2 aliphatic heterocycles. The molecule has 2 fully saturated rings. The summed E-state index contributed by atoms with van der Waals surface area (Å²) in [5.41, 5.74) is 0. The summed E-state index contributed by atoms with van der Waals surface area (Å²) in [5.74, 6) is -1.24. The summed E-state index contributed by atoms with van der Waals surface area (Å²) in [6.45, 7) is 1.31. The Morgan fingerprint density at radius 3 is 2.71 bits per heavy atom. The van der Waals surface area contributed by atoms with Crippen LogP contribution in [-0.4, -0.2) is 71.6 Å². The van der Waals surface area contributed by atoms with Crippen molar-refractivity contribution in [2.75, 3.05) is 32.8 Å². The van der Waals surface area contributed by atoms with Gasteiger partial charge >= 0.3 is 5.97 Å².